The first-order valence-corrected chi connectivity index (χ1v) is 11.8. The van der Waals surface area contributed by atoms with Crippen LogP contribution in [0.4, 0.5) is 23.3 Å². The first-order valence-electron chi connectivity index (χ1n) is 11.0. The second-order valence-electron chi connectivity index (χ2n) is 7.61. The topological polar surface area (TPSA) is 85.1 Å². The van der Waals surface area contributed by atoms with Crippen molar-refractivity contribution < 1.29 is 0 Å². The molecular weight excluding hydrogens is 471 g/mol. The molecule has 4 rings (SSSR count). The number of aryl methyl sites for hydroxylation is 2. The third-order valence-corrected chi connectivity index (χ3v) is 5.60. The molecule has 0 spiro atoms. The molecule has 2 aromatic heterocycles. The average Bonchev–Trinajstić information content (AvgIpc) is 3.49. The smallest absolute Gasteiger partial charge is 0.249 e. The molecule has 0 aliphatic carbocycles. The molecule has 0 aliphatic heterocycles. The fourth-order valence-corrected chi connectivity index (χ4v) is 3.55. The maximum absolute atomic E-state index is 5.90. The van der Waals surface area contributed by atoms with Crippen LogP contribution < -0.4 is 0 Å². The molecule has 0 saturated carbocycles. The maximum Gasteiger partial charge on any atom is 0.249 e. The van der Waals surface area contributed by atoms with Crippen molar-refractivity contribution in [1.82, 2.24) is 19.1 Å². The lowest BCUT2D eigenvalue weighted by atomic mass is 10.2. The highest BCUT2D eigenvalue weighted by molar-refractivity contribution is 6.30. The number of rotatable bonds is 11. The van der Waals surface area contributed by atoms with Crippen molar-refractivity contribution in [3.63, 3.8) is 0 Å². The molecule has 2 heterocycles. The van der Waals surface area contributed by atoms with Crippen molar-refractivity contribution in [2.45, 2.75) is 38.8 Å². The van der Waals surface area contributed by atoms with Gasteiger partial charge in [0, 0.05) is 47.9 Å². The molecule has 0 radical (unpaired) electrons. The van der Waals surface area contributed by atoms with E-state index in [0.29, 0.717) is 21.9 Å². The van der Waals surface area contributed by atoms with Crippen LogP contribution in [0.15, 0.2) is 93.8 Å². The molecule has 174 valence electrons. The van der Waals surface area contributed by atoms with E-state index in [4.69, 9.17) is 23.2 Å². The Bertz CT molecular complexity index is 1130. The molecule has 0 bridgehead atoms. The van der Waals surface area contributed by atoms with Gasteiger partial charge in [0.2, 0.25) is 11.9 Å². The van der Waals surface area contributed by atoms with E-state index in [1.807, 2.05) is 45.8 Å². The molecule has 0 saturated heterocycles. The number of hydrogen-bond donors (Lipinski definition) is 0. The molecule has 0 atom stereocenters. The molecular formula is C24H24Cl2N8. The van der Waals surface area contributed by atoms with Crippen LogP contribution in [-0.2, 0) is 13.1 Å². The summed E-state index contributed by atoms with van der Waals surface area (Å²) in [5, 5.41) is 18.3. The fraction of sp³-hybridized carbons (Fsp3) is 0.250. The van der Waals surface area contributed by atoms with Gasteiger partial charge in [0.05, 0.1) is 11.4 Å². The van der Waals surface area contributed by atoms with Gasteiger partial charge in [-0.1, -0.05) is 36.0 Å². The van der Waals surface area contributed by atoms with Crippen LogP contribution in [0.1, 0.15) is 25.7 Å². The number of nitrogens with zero attached hydrogens (tertiary/aromatic N) is 8. The quantitative estimate of drug-likeness (QED) is 0.154. The zero-order chi connectivity index (χ0) is 23.6. The number of azo groups is 2. The van der Waals surface area contributed by atoms with E-state index < -0.39 is 0 Å². The molecule has 10 heteroatoms. The monoisotopic (exact) mass is 494 g/mol. The molecule has 0 N–H and O–H groups in total. The molecule has 8 nitrogen and oxygen atoms in total. The Morgan fingerprint density at radius 3 is 1.38 bits per heavy atom. The van der Waals surface area contributed by atoms with Crippen molar-refractivity contribution >= 4 is 46.5 Å². The summed E-state index contributed by atoms with van der Waals surface area (Å²) in [5.41, 5.74) is 1.48. The number of benzene rings is 2. The molecule has 34 heavy (non-hydrogen) atoms. The van der Waals surface area contributed by atoms with E-state index in [-0.39, 0.29) is 0 Å². The second kappa shape index (κ2) is 12.2. The lowest BCUT2D eigenvalue weighted by Gasteiger charge is -2.06. The van der Waals surface area contributed by atoms with E-state index in [1.165, 1.54) is 0 Å². The summed E-state index contributed by atoms with van der Waals surface area (Å²) in [7, 11) is 0. The van der Waals surface area contributed by atoms with E-state index in [2.05, 4.69) is 30.4 Å². The Morgan fingerprint density at radius 2 is 0.971 bits per heavy atom. The second-order valence-corrected chi connectivity index (χ2v) is 8.48. The van der Waals surface area contributed by atoms with Gasteiger partial charge in [-0.25, -0.2) is 9.97 Å². The lowest BCUT2D eigenvalue weighted by Crippen LogP contribution is -1.98. The maximum atomic E-state index is 5.90. The van der Waals surface area contributed by atoms with E-state index in [0.717, 1.165) is 50.1 Å². The normalized spacial score (nSPS) is 11.7. The summed E-state index contributed by atoms with van der Waals surface area (Å²) in [6.07, 6.45) is 11.6. The molecule has 0 unspecified atom stereocenters. The Hall–Kier alpha value is -3.36. The lowest BCUT2D eigenvalue weighted by molar-refractivity contribution is 0.541. The van der Waals surface area contributed by atoms with Crippen molar-refractivity contribution in [3.8, 4) is 0 Å². The number of aromatic nitrogens is 4. The van der Waals surface area contributed by atoms with Crippen LogP contribution in [-0.4, -0.2) is 19.1 Å². The molecule has 4 aromatic rings. The van der Waals surface area contributed by atoms with E-state index in [9.17, 15) is 0 Å². The molecule has 2 aromatic carbocycles. The highest BCUT2D eigenvalue weighted by Crippen LogP contribution is 2.21. The van der Waals surface area contributed by atoms with Gasteiger partial charge >= 0.3 is 0 Å². The Labute approximate surface area is 208 Å². The molecule has 0 amide bonds. The SMILES string of the molecule is Clc1ccc(/N=N/c2nccn2CCCCCCn2ccnc2/N=N/c2ccc(Cl)cc2)cc1. The van der Waals surface area contributed by atoms with Gasteiger partial charge < -0.3 is 9.13 Å². The van der Waals surface area contributed by atoms with Crippen LogP contribution in [0.3, 0.4) is 0 Å². The van der Waals surface area contributed by atoms with Crippen LogP contribution in [0.25, 0.3) is 0 Å². The minimum atomic E-state index is 0.601. The summed E-state index contributed by atoms with van der Waals surface area (Å²) >= 11 is 11.8. The van der Waals surface area contributed by atoms with Crippen LogP contribution in [0.2, 0.25) is 10.0 Å². The summed E-state index contributed by atoms with van der Waals surface area (Å²) in [4.78, 5) is 8.58. The highest BCUT2D eigenvalue weighted by Gasteiger charge is 2.03. The minimum absolute atomic E-state index is 0.601. The molecule has 0 aliphatic rings. The van der Waals surface area contributed by atoms with Crippen molar-refractivity contribution in [2.24, 2.45) is 20.5 Å². The van der Waals surface area contributed by atoms with Gasteiger partial charge in [-0.3, -0.25) is 0 Å². The van der Waals surface area contributed by atoms with Gasteiger partial charge in [-0.2, -0.15) is 0 Å². The Kier molecular flexibility index (Phi) is 8.54. The average molecular weight is 495 g/mol. The first-order chi connectivity index (χ1) is 16.7. The van der Waals surface area contributed by atoms with Gasteiger partial charge in [0.15, 0.2) is 0 Å². The van der Waals surface area contributed by atoms with Crippen molar-refractivity contribution in [1.29, 1.82) is 0 Å². The number of hydrogen-bond acceptors (Lipinski definition) is 6. The van der Waals surface area contributed by atoms with Crippen molar-refractivity contribution in [2.75, 3.05) is 0 Å². The van der Waals surface area contributed by atoms with Crippen molar-refractivity contribution in [3.05, 3.63) is 83.4 Å². The predicted octanol–water partition coefficient (Wildman–Crippen LogP) is 8.48. The fourth-order valence-electron chi connectivity index (χ4n) is 3.30. The summed E-state index contributed by atoms with van der Waals surface area (Å²) < 4.78 is 4.04. The summed E-state index contributed by atoms with van der Waals surface area (Å²) in [6, 6.07) is 14.5. The highest BCUT2D eigenvalue weighted by atomic mass is 35.5. The standard InChI is InChI=1S/C24H24Cl2N8/c25-19-5-9-21(10-6-19)29-31-23-27-13-17-33(23)15-3-1-2-4-16-34-18-14-28-24(34)32-30-22-11-7-20(26)8-12-22/h5-14,17-18H,1-4,15-16H2/b31-29+,32-30+. The number of imidazole rings is 2. The largest absolute Gasteiger partial charge is 0.314 e. The minimum Gasteiger partial charge on any atom is -0.314 e. The van der Waals surface area contributed by atoms with Gasteiger partial charge in [0.1, 0.15) is 0 Å². The third-order valence-electron chi connectivity index (χ3n) is 5.10. The van der Waals surface area contributed by atoms with E-state index >= 15 is 0 Å². The summed E-state index contributed by atoms with van der Waals surface area (Å²) in [5.74, 6) is 1.20. The zero-order valence-electron chi connectivity index (χ0n) is 18.5. The summed E-state index contributed by atoms with van der Waals surface area (Å²) in [6.45, 7) is 1.70. The Balaban J connectivity index is 1.19. The van der Waals surface area contributed by atoms with Crippen LogP contribution in [0, 0.1) is 0 Å². The first kappa shape index (κ1) is 23.8. The van der Waals surface area contributed by atoms with Gasteiger partial charge in [-0.05, 0) is 61.4 Å². The van der Waals surface area contributed by atoms with Gasteiger partial charge in [-0.15, -0.1) is 20.5 Å². The van der Waals surface area contributed by atoms with E-state index in [1.54, 1.807) is 36.7 Å². The Morgan fingerprint density at radius 1 is 0.559 bits per heavy atom. The zero-order valence-corrected chi connectivity index (χ0v) is 20.0. The number of halogens is 2. The predicted molar refractivity (Wildman–Crippen MR) is 134 cm³/mol. The third kappa shape index (κ3) is 7.07. The van der Waals surface area contributed by atoms with Crippen LogP contribution >= 0.6 is 23.2 Å². The molecule has 0 fully saturated rings. The van der Waals surface area contributed by atoms with Gasteiger partial charge in [0.25, 0.3) is 0 Å². The van der Waals surface area contributed by atoms with Crippen LogP contribution in [0.5, 0.6) is 0 Å². The number of unbranched alkanes of at least 4 members (excludes halogenated alkanes) is 3.